The van der Waals surface area contributed by atoms with Gasteiger partial charge in [0.2, 0.25) is 6.41 Å². The van der Waals surface area contributed by atoms with Crippen molar-refractivity contribution in [3.8, 4) is 0 Å². The Hall–Kier alpha value is -0.900. The van der Waals surface area contributed by atoms with Crippen molar-refractivity contribution in [1.82, 2.24) is 10.6 Å². The van der Waals surface area contributed by atoms with Crippen molar-refractivity contribution < 1.29 is 9.59 Å². The van der Waals surface area contributed by atoms with Gasteiger partial charge in [-0.3, -0.25) is 4.79 Å². The molecule has 0 bridgehead atoms. The maximum absolute atomic E-state index is 9.69. The molecule has 0 rings (SSSR count). The highest BCUT2D eigenvalue weighted by Crippen LogP contribution is 1.52. The Balaban J connectivity index is 2.74. The van der Waals surface area contributed by atoms with Gasteiger partial charge in [0.25, 0.3) is 0 Å². The van der Waals surface area contributed by atoms with E-state index >= 15 is 0 Å². The predicted molar refractivity (Wildman–Crippen MR) is 33.0 cm³/mol. The SMILES string of the molecule is O=CCNCCNC=O. The second-order valence-electron chi connectivity index (χ2n) is 1.44. The van der Waals surface area contributed by atoms with Crippen molar-refractivity contribution in [3.63, 3.8) is 0 Å². The minimum Gasteiger partial charge on any atom is -0.357 e. The minimum atomic E-state index is 0.348. The fourth-order valence-corrected chi connectivity index (χ4v) is 0.380. The first-order valence-corrected chi connectivity index (χ1v) is 2.73. The number of carbonyl (C=O) groups is 2. The molecule has 9 heavy (non-hydrogen) atoms. The summed E-state index contributed by atoms with van der Waals surface area (Å²) in [6.07, 6.45) is 1.41. The van der Waals surface area contributed by atoms with Crippen molar-refractivity contribution >= 4 is 12.7 Å². The van der Waals surface area contributed by atoms with Gasteiger partial charge in [-0.05, 0) is 0 Å². The zero-order chi connectivity index (χ0) is 6.95. The summed E-state index contributed by atoms with van der Waals surface area (Å²) in [4.78, 5) is 19.3. The maximum atomic E-state index is 9.69. The van der Waals surface area contributed by atoms with Gasteiger partial charge in [-0.15, -0.1) is 0 Å². The number of carbonyl (C=O) groups excluding carboxylic acids is 2. The van der Waals surface area contributed by atoms with Crippen LogP contribution in [-0.2, 0) is 9.59 Å². The summed E-state index contributed by atoms with van der Waals surface area (Å²) in [5.41, 5.74) is 0. The van der Waals surface area contributed by atoms with E-state index in [1.54, 1.807) is 0 Å². The van der Waals surface area contributed by atoms with Crippen molar-refractivity contribution in [1.29, 1.82) is 0 Å². The molecule has 0 aliphatic heterocycles. The summed E-state index contributed by atoms with van der Waals surface area (Å²) >= 11 is 0. The van der Waals surface area contributed by atoms with Crippen LogP contribution in [0.2, 0.25) is 0 Å². The van der Waals surface area contributed by atoms with Crippen LogP contribution in [-0.4, -0.2) is 32.3 Å². The van der Waals surface area contributed by atoms with Gasteiger partial charge in [-0.1, -0.05) is 0 Å². The molecule has 0 atom stereocenters. The van der Waals surface area contributed by atoms with Gasteiger partial charge in [0.05, 0.1) is 6.54 Å². The average molecular weight is 130 g/mol. The van der Waals surface area contributed by atoms with Crippen LogP contribution < -0.4 is 10.6 Å². The van der Waals surface area contributed by atoms with Crippen LogP contribution in [0.4, 0.5) is 0 Å². The van der Waals surface area contributed by atoms with Crippen LogP contribution in [0, 0.1) is 0 Å². The number of hydrogen-bond donors (Lipinski definition) is 2. The lowest BCUT2D eigenvalue weighted by Gasteiger charge is -1.96. The second kappa shape index (κ2) is 7.10. The Morgan fingerprint density at radius 2 is 2.00 bits per heavy atom. The van der Waals surface area contributed by atoms with E-state index in [2.05, 4.69) is 10.6 Å². The summed E-state index contributed by atoms with van der Waals surface area (Å²) in [6, 6.07) is 0. The summed E-state index contributed by atoms with van der Waals surface area (Å²) in [6.45, 7) is 1.55. The first kappa shape index (κ1) is 8.10. The van der Waals surface area contributed by atoms with E-state index in [1.807, 2.05) is 0 Å². The first-order valence-electron chi connectivity index (χ1n) is 2.73. The summed E-state index contributed by atoms with van der Waals surface area (Å²) in [7, 11) is 0. The molecule has 0 saturated carbocycles. The molecule has 52 valence electrons. The lowest BCUT2D eigenvalue weighted by Crippen LogP contribution is -2.27. The molecule has 0 aromatic heterocycles. The largest absolute Gasteiger partial charge is 0.357 e. The Kier molecular flexibility index (Phi) is 6.39. The quantitative estimate of drug-likeness (QED) is 0.340. The fraction of sp³-hybridized carbons (Fsp3) is 0.600. The van der Waals surface area contributed by atoms with Gasteiger partial charge < -0.3 is 15.4 Å². The lowest BCUT2D eigenvalue weighted by atomic mass is 10.6. The molecule has 0 aromatic carbocycles. The molecule has 0 aromatic rings. The molecule has 0 heterocycles. The van der Waals surface area contributed by atoms with Crippen LogP contribution >= 0.6 is 0 Å². The number of nitrogens with one attached hydrogen (secondary N) is 2. The molecule has 0 radical (unpaired) electrons. The second-order valence-corrected chi connectivity index (χ2v) is 1.44. The van der Waals surface area contributed by atoms with Gasteiger partial charge in [0, 0.05) is 13.1 Å². The van der Waals surface area contributed by atoms with Gasteiger partial charge in [0.1, 0.15) is 6.29 Å². The first-order chi connectivity index (χ1) is 4.41. The Labute approximate surface area is 53.6 Å². The highest BCUT2D eigenvalue weighted by atomic mass is 16.1. The maximum Gasteiger partial charge on any atom is 0.207 e. The molecular weight excluding hydrogens is 120 g/mol. The summed E-state index contributed by atoms with van der Waals surface area (Å²) in [5.74, 6) is 0. The zero-order valence-electron chi connectivity index (χ0n) is 5.09. The molecule has 1 amide bonds. The summed E-state index contributed by atoms with van der Waals surface area (Å²) in [5, 5.41) is 5.23. The van der Waals surface area contributed by atoms with Crippen LogP contribution in [0.15, 0.2) is 0 Å². The van der Waals surface area contributed by atoms with Crippen LogP contribution in [0.1, 0.15) is 0 Å². The van der Waals surface area contributed by atoms with Gasteiger partial charge in [-0.2, -0.15) is 0 Å². The molecule has 0 unspecified atom stereocenters. The van der Waals surface area contributed by atoms with E-state index < -0.39 is 0 Å². The number of amides is 1. The molecule has 0 fully saturated rings. The topological polar surface area (TPSA) is 58.2 Å². The highest BCUT2D eigenvalue weighted by Gasteiger charge is 1.81. The van der Waals surface area contributed by atoms with Crippen molar-refractivity contribution in [2.45, 2.75) is 0 Å². The van der Waals surface area contributed by atoms with Gasteiger partial charge >= 0.3 is 0 Å². The molecule has 2 N–H and O–H groups in total. The molecule has 4 nitrogen and oxygen atoms in total. The molecule has 0 spiro atoms. The summed E-state index contributed by atoms with van der Waals surface area (Å²) < 4.78 is 0. The molecule has 0 aliphatic carbocycles. The molecule has 0 saturated heterocycles. The van der Waals surface area contributed by atoms with E-state index in [0.717, 1.165) is 6.29 Å². The number of hydrogen-bond acceptors (Lipinski definition) is 3. The standard InChI is InChI=1S/C5H10N2O2/c8-4-3-6-1-2-7-5-9/h4-6H,1-3H2,(H,7,9). The van der Waals surface area contributed by atoms with Crippen LogP contribution in [0.3, 0.4) is 0 Å². The predicted octanol–water partition coefficient (Wildman–Crippen LogP) is -1.48. The van der Waals surface area contributed by atoms with E-state index in [9.17, 15) is 9.59 Å². The third kappa shape index (κ3) is 7.10. The van der Waals surface area contributed by atoms with E-state index in [0.29, 0.717) is 26.0 Å². The van der Waals surface area contributed by atoms with Crippen LogP contribution in [0.5, 0.6) is 0 Å². The van der Waals surface area contributed by atoms with Crippen LogP contribution in [0.25, 0.3) is 0 Å². The van der Waals surface area contributed by atoms with Crippen molar-refractivity contribution in [2.24, 2.45) is 0 Å². The van der Waals surface area contributed by atoms with Gasteiger partial charge in [-0.25, -0.2) is 0 Å². The third-order valence-electron chi connectivity index (χ3n) is 0.757. The monoisotopic (exact) mass is 130 g/mol. The normalized spacial score (nSPS) is 8.44. The van der Waals surface area contributed by atoms with E-state index in [-0.39, 0.29) is 0 Å². The minimum absolute atomic E-state index is 0.348. The Morgan fingerprint density at radius 1 is 1.22 bits per heavy atom. The average Bonchev–Trinajstić information content (AvgIpc) is 1.89. The number of aldehydes is 1. The number of rotatable bonds is 6. The third-order valence-corrected chi connectivity index (χ3v) is 0.757. The molecule has 4 heteroatoms. The Morgan fingerprint density at radius 3 is 2.56 bits per heavy atom. The van der Waals surface area contributed by atoms with Crippen molar-refractivity contribution in [3.05, 3.63) is 0 Å². The smallest absolute Gasteiger partial charge is 0.207 e. The van der Waals surface area contributed by atoms with Gasteiger partial charge in [0.15, 0.2) is 0 Å². The fourth-order valence-electron chi connectivity index (χ4n) is 0.380. The van der Waals surface area contributed by atoms with E-state index in [1.165, 1.54) is 0 Å². The molecular formula is C5H10N2O2. The molecule has 0 aliphatic rings. The lowest BCUT2D eigenvalue weighted by molar-refractivity contribution is -0.109. The van der Waals surface area contributed by atoms with Crippen molar-refractivity contribution in [2.75, 3.05) is 19.6 Å². The zero-order valence-corrected chi connectivity index (χ0v) is 5.09. The van der Waals surface area contributed by atoms with E-state index in [4.69, 9.17) is 0 Å². The Bertz CT molecular complexity index is 75.0. The highest BCUT2D eigenvalue weighted by molar-refractivity contribution is 5.51.